The molecule has 4 aliphatic rings. The van der Waals surface area contributed by atoms with Gasteiger partial charge < -0.3 is 25.4 Å². The highest BCUT2D eigenvalue weighted by Crippen LogP contribution is 2.66. The second kappa shape index (κ2) is 12.2. The molecule has 0 unspecified atom stereocenters. The van der Waals surface area contributed by atoms with Crippen molar-refractivity contribution in [1.29, 1.82) is 0 Å². The minimum Gasteiger partial charge on any atom is -0.480 e. The monoisotopic (exact) mass is 623 g/mol. The van der Waals surface area contributed by atoms with E-state index in [1.807, 2.05) is 0 Å². The summed E-state index contributed by atoms with van der Waals surface area (Å²) in [5.41, 5.74) is -1.96. The fourth-order valence-corrected chi connectivity index (χ4v) is 8.76. The van der Waals surface area contributed by atoms with Gasteiger partial charge in [-0.15, -0.1) is 0 Å². The van der Waals surface area contributed by atoms with Crippen LogP contribution < -0.4 is 5.32 Å². The number of hydrogen-bond donors (Lipinski definition) is 4. The molecule has 11 nitrogen and oxygen atoms in total. The van der Waals surface area contributed by atoms with Crippen LogP contribution in [0.2, 0.25) is 0 Å². The third-order valence-corrected chi connectivity index (χ3v) is 11.2. The average Bonchev–Trinajstić information content (AvgIpc) is 3.28. The number of aliphatic hydroxyl groups is 2. The fraction of sp³-hybridized carbons (Fsp3) is 0.588. The molecule has 3 saturated carbocycles. The third-order valence-electron chi connectivity index (χ3n) is 11.2. The number of fused-ring (bicyclic) bond motifs is 5. The van der Waals surface area contributed by atoms with E-state index in [9.17, 15) is 44.1 Å². The zero-order valence-electron chi connectivity index (χ0n) is 25.6. The summed E-state index contributed by atoms with van der Waals surface area (Å²) >= 11 is 0. The van der Waals surface area contributed by atoms with Gasteiger partial charge in [-0.3, -0.25) is 24.0 Å². The maximum Gasteiger partial charge on any atom is 0.329 e. The van der Waals surface area contributed by atoms with Gasteiger partial charge in [0.25, 0.3) is 0 Å². The van der Waals surface area contributed by atoms with E-state index in [1.165, 1.54) is 12.1 Å². The van der Waals surface area contributed by atoms with E-state index in [2.05, 4.69) is 12.2 Å². The Hall–Kier alpha value is -3.70. The van der Waals surface area contributed by atoms with E-state index >= 15 is 0 Å². The number of aliphatic hydroxyl groups excluding tert-OH is 1. The van der Waals surface area contributed by atoms with Gasteiger partial charge in [-0.05, 0) is 61.0 Å². The number of carbonyl (C=O) groups is 6. The molecule has 0 spiro atoms. The van der Waals surface area contributed by atoms with Gasteiger partial charge in [0, 0.05) is 30.6 Å². The largest absolute Gasteiger partial charge is 0.480 e. The van der Waals surface area contributed by atoms with Crippen LogP contribution in [-0.2, 0) is 33.5 Å². The highest BCUT2D eigenvalue weighted by Gasteiger charge is 2.68. The number of aliphatic carboxylic acids is 1. The summed E-state index contributed by atoms with van der Waals surface area (Å²) in [5, 5.41) is 33.9. The van der Waals surface area contributed by atoms with Crippen LogP contribution in [0.25, 0.3) is 0 Å². The summed E-state index contributed by atoms with van der Waals surface area (Å²) in [6, 6.07) is 6.33. The molecule has 0 aliphatic heterocycles. The standard InChI is InChI=1S/C34H41NO10/c1-32-14-12-21(36)16-20(32)8-9-22-23-13-15-34(44,33(23,2)17-24(37)28(22)32)25(38)18-45-27(40)11-10-26(39)35-29(31(42)43)30(41)19-6-4-3-5-7-19/h3-7,16,22-23,28-30,41,44H,8-15,17-18H2,1-2H3,(H,35,39)(H,42,43)/t22-,23-,28+,29+,30+,32-,33-,34-/m0/s1. The van der Waals surface area contributed by atoms with E-state index in [-0.39, 0.29) is 42.2 Å². The summed E-state index contributed by atoms with van der Waals surface area (Å²) in [5.74, 6) is -4.12. The molecule has 0 radical (unpaired) electrons. The number of carboxylic acid groups (broad SMARTS) is 1. The summed E-state index contributed by atoms with van der Waals surface area (Å²) < 4.78 is 5.14. The molecule has 0 saturated heterocycles. The third kappa shape index (κ3) is 5.76. The number of nitrogens with one attached hydrogen (secondary N) is 1. The fourth-order valence-electron chi connectivity index (χ4n) is 8.76. The first kappa shape index (κ1) is 32.7. The topological polar surface area (TPSA) is 184 Å². The zero-order chi connectivity index (χ0) is 32.7. The van der Waals surface area contributed by atoms with E-state index in [4.69, 9.17) is 4.74 Å². The second-order valence-corrected chi connectivity index (χ2v) is 13.6. The molecule has 242 valence electrons. The lowest BCUT2D eigenvalue weighted by molar-refractivity contribution is -0.173. The molecule has 4 aliphatic carbocycles. The van der Waals surface area contributed by atoms with Crippen molar-refractivity contribution in [2.75, 3.05) is 6.61 Å². The van der Waals surface area contributed by atoms with E-state index in [0.717, 1.165) is 5.57 Å². The van der Waals surface area contributed by atoms with Gasteiger partial charge in [-0.2, -0.15) is 0 Å². The molecule has 0 bridgehead atoms. The lowest BCUT2D eigenvalue weighted by Gasteiger charge is -2.57. The number of carbonyl (C=O) groups excluding carboxylic acids is 5. The molecular formula is C34H41NO10. The number of Topliss-reactive ketones (excluding diaryl/α,β-unsaturated/α-hetero) is 2. The number of hydrogen-bond acceptors (Lipinski definition) is 9. The number of benzene rings is 1. The molecule has 11 heteroatoms. The predicted octanol–water partition coefficient (Wildman–Crippen LogP) is 2.62. The van der Waals surface area contributed by atoms with Crippen molar-refractivity contribution in [1.82, 2.24) is 5.32 Å². The maximum atomic E-state index is 13.8. The number of ketones is 3. The van der Waals surface area contributed by atoms with Crippen molar-refractivity contribution in [2.45, 2.75) is 89.4 Å². The molecule has 0 aromatic heterocycles. The van der Waals surface area contributed by atoms with E-state index in [1.54, 1.807) is 31.2 Å². The molecule has 1 aromatic carbocycles. The van der Waals surface area contributed by atoms with Crippen molar-refractivity contribution in [3.8, 4) is 0 Å². The van der Waals surface area contributed by atoms with E-state index in [0.29, 0.717) is 37.7 Å². The van der Waals surface area contributed by atoms with Gasteiger partial charge in [0.1, 0.15) is 17.5 Å². The van der Waals surface area contributed by atoms with Gasteiger partial charge in [-0.1, -0.05) is 49.8 Å². The molecule has 3 fully saturated rings. The first-order valence-corrected chi connectivity index (χ1v) is 15.6. The van der Waals surface area contributed by atoms with Crippen LogP contribution >= 0.6 is 0 Å². The molecule has 5 rings (SSSR count). The Labute approximate surface area is 261 Å². The van der Waals surface area contributed by atoms with Crippen LogP contribution in [0, 0.1) is 28.6 Å². The van der Waals surface area contributed by atoms with Crippen molar-refractivity contribution < 1.29 is 48.8 Å². The number of ether oxygens (including phenoxy) is 1. The SMILES string of the molecule is C[C@]12CCC(=O)C=C1CC[C@@H]1[C@@H]2C(=O)C[C@@]2(C)[C@H]1CC[C@]2(O)C(=O)COC(=O)CCC(=O)N[C@@H](C(=O)O)[C@H](O)c1ccccc1. The van der Waals surface area contributed by atoms with Crippen molar-refractivity contribution >= 4 is 35.2 Å². The average molecular weight is 624 g/mol. The van der Waals surface area contributed by atoms with Crippen LogP contribution in [0.3, 0.4) is 0 Å². The summed E-state index contributed by atoms with van der Waals surface area (Å²) in [6.07, 6.45) is 2.45. The Morgan fingerprint density at radius 3 is 2.42 bits per heavy atom. The van der Waals surface area contributed by atoms with E-state index < -0.39 is 71.7 Å². The lowest BCUT2D eigenvalue weighted by atomic mass is 9.46. The summed E-state index contributed by atoms with van der Waals surface area (Å²) in [6.45, 7) is 3.13. The number of esters is 1. The smallest absolute Gasteiger partial charge is 0.329 e. The van der Waals surface area contributed by atoms with Crippen LogP contribution in [0.15, 0.2) is 42.0 Å². The summed E-state index contributed by atoms with van der Waals surface area (Å²) in [7, 11) is 0. The predicted molar refractivity (Wildman–Crippen MR) is 158 cm³/mol. The molecule has 1 amide bonds. The molecule has 1 aromatic rings. The van der Waals surface area contributed by atoms with Gasteiger partial charge in [0.15, 0.2) is 18.4 Å². The Morgan fingerprint density at radius 2 is 1.73 bits per heavy atom. The number of carboxylic acids is 1. The maximum absolute atomic E-state index is 13.8. The molecular weight excluding hydrogens is 582 g/mol. The summed E-state index contributed by atoms with van der Waals surface area (Å²) in [4.78, 5) is 75.9. The number of allylic oxidation sites excluding steroid dienone is 1. The first-order chi connectivity index (χ1) is 21.2. The first-order valence-electron chi connectivity index (χ1n) is 15.6. The quantitative estimate of drug-likeness (QED) is 0.283. The van der Waals surface area contributed by atoms with Crippen molar-refractivity contribution in [2.24, 2.45) is 28.6 Å². The lowest BCUT2D eigenvalue weighted by Crippen LogP contribution is -2.61. The molecule has 4 N–H and O–H groups in total. The number of rotatable bonds is 10. The minimum atomic E-state index is -1.86. The Bertz CT molecular complexity index is 1440. The van der Waals surface area contributed by atoms with Crippen molar-refractivity contribution in [3.63, 3.8) is 0 Å². The Morgan fingerprint density at radius 1 is 1.02 bits per heavy atom. The molecule has 0 heterocycles. The van der Waals surface area contributed by atoms with Gasteiger partial charge >= 0.3 is 11.9 Å². The molecule has 45 heavy (non-hydrogen) atoms. The van der Waals surface area contributed by atoms with Gasteiger partial charge in [0.05, 0.1) is 6.42 Å². The Balaban J connectivity index is 1.17. The van der Waals surface area contributed by atoms with Crippen LogP contribution in [0.1, 0.15) is 83.3 Å². The van der Waals surface area contributed by atoms with Gasteiger partial charge in [0.2, 0.25) is 11.7 Å². The van der Waals surface area contributed by atoms with Crippen LogP contribution in [-0.4, -0.2) is 68.8 Å². The zero-order valence-corrected chi connectivity index (χ0v) is 25.6. The number of amides is 1. The Kier molecular flexibility index (Phi) is 8.89. The highest BCUT2D eigenvalue weighted by molar-refractivity contribution is 5.95. The van der Waals surface area contributed by atoms with Gasteiger partial charge in [-0.25, -0.2) is 4.79 Å². The molecule has 8 atom stereocenters. The highest BCUT2D eigenvalue weighted by atomic mass is 16.5. The second-order valence-electron chi connectivity index (χ2n) is 13.6. The minimum absolute atomic E-state index is 0.00520. The van der Waals surface area contributed by atoms with Crippen molar-refractivity contribution in [3.05, 3.63) is 47.5 Å². The van der Waals surface area contributed by atoms with Crippen LogP contribution in [0.5, 0.6) is 0 Å². The van der Waals surface area contributed by atoms with Crippen LogP contribution in [0.4, 0.5) is 0 Å². The normalized spacial score (nSPS) is 33.5.